The van der Waals surface area contributed by atoms with E-state index in [1.165, 1.54) is 10.6 Å². The molecule has 0 aromatic heterocycles. The van der Waals surface area contributed by atoms with Gasteiger partial charge in [-0.15, -0.1) is 0 Å². The third-order valence-corrected chi connectivity index (χ3v) is 5.83. The highest BCUT2D eigenvalue weighted by Gasteiger charge is 2.22. The minimum atomic E-state index is -3.33. The van der Waals surface area contributed by atoms with Gasteiger partial charge >= 0.3 is 0 Å². The van der Waals surface area contributed by atoms with Crippen molar-refractivity contribution in [2.24, 2.45) is 5.92 Å². The third kappa shape index (κ3) is 6.59. The van der Waals surface area contributed by atoms with Crippen molar-refractivity contribution in [3.8, 4) is 5.75 Å². The molecule has 1 fully saturated rings. The van der Waals surface area contributed by atoms with Gasteiger partial charge in [0.2, 0.25) is 15.9 Å². The van der Waals surface area contributed by atoms with Gasteiger partial charge in [-0.25, -0.2) is 12.7 Å². The van der Waals surface area contributed by atoms with Gasteiger partial charge in [0.15, 0.2) is 0 Å². The average molecular weight is 384 g/mol. The van der Waals surface area contributed by atoms with Gasteiger partial charge in [-0.05, 0) is 37.0 Å². The van der Waals surface area contributed by atoms with E-state index in [0.717, 1.165) is 24.2 Å². The van der Waals surface area contributed by atoms with E-state index in [9.17, 15) is 13.2 Å². The van der Waals surface area contributed by atoms with Crippen LogP contribution in [0.5, 0.6) is 5.75 Å². The number of hydrogen-bond acceptors (Lipinski definition) is 5. The molecule has 1 N–H and O–H groups in total. The molecule has 1 aromatic rings. The molecule has 1 saturated heterocycles. The Morgan fingerprint density at radius 3 is 2.46 bits per heavy atom. The quantitative estimate of drug-likeness (QED) is 0.688. The van der Waals surface area contributed by atoms with Crippen molar-refractivity contribution in [2.75, 3.05) is 46.2 Å². The van der Waals surface area contributed by atoms with Crippen molar-refractivity contribution < 1.29 is 22.7 Å². The molecule has 0 aliphatic carbocycles. The molecule has 1 amide bonds. The molecule has 146 valence electrons. The lowest BCUT2D eigenvalue weighted by atomic mass is 9.99. The van der Waals surface area contributed by atoms with Gasteiger partial charge in [-0.3, -0.25) is 4.79 Å². The molecule has 0 unspecified atom stereocenters. The van der Waals surface area contributed by atoms with Crippen LogP contribution in [0.1, 0.15) is 18.4 Å². The molecular weight excluding hydrogens is 356 g/mol. The van der Waals surface area contributed by atoms with E-state index in [-0.39, 0.29) is 18.4 Å². The topological polar surface area (TPSA) is 84.9 Å². The van der Waals surface area contributed by atoms with E-state index >= 15 is 0 Å². The van der Waals surface area contributed by atoms with Gasteiger partial charge < -0.3 is 14.8 Å². The van der Waals surface area contributed by atoms with Crippen molar-refractivity contribution in [1.82, 2.24) is 9.62 Å². The molecule has 1 aliphatic rings. The summed E-state index contributed by atoms with van der Waals surface area (Å²) in [5.41, 5.74) is 1.03. The number of sulfonamides is 1. The van der Waals surface area contributed by atoms with Gasteiger partial charge in [-0.2, -0.15) is 0 Å². The summed E-state index contributed by atoms with van der Waals surface area (Å²) < 4.78 is 35.8. The van der Waals surface area contributed by atoms with Crippen LogP contribution in [0.4, 0.5) is 0 Å². The first-order valence-electron chi connectivity index (χ1n) is 8.83. The van der Waals surface area contributed by atoms with Crippen LogP contribution in [-0.4, -0.2) is 64.8 Å². The van der Waals surface area contributed by atoms with Crippen molar-refractivity contribution in [1.29, 1.82) is 0 Å². The number of nitrogens with one attached hydrogen (secondary N) is 1. The SMILES string of the molecule is COc1ccc(CCN(CCNC(=O)C2CCOCC2)S(C)(=O)=O)cc1. The highest BCUT2D eigenvalue weighted by molar-refractivity contribution is 7.88. The molecule has 0 saturated carbocycles. The number of amides is 1. The van der Waals surface area contributed by atoms with E-state index in [0.29, 0.717) is 32.7 Å². The number of methoxy groups -OCH3 is 1. The predicted octanol–water partition coefficient (Wildman–Crippen LogP) is 1.04. The second-order valence-electron chi connectivity index (χ2n) is 6.44. The van der Waals surface area contributed by atoms with Gasteiger partial charge in [0, 0.05) is 38.8 Å². The Morgan fingerprint density at radius 1 is 1.23 bits per heavy atom. The molecular formula is C18H28N2O5S. The zero-order chi connectivity index (χ0) is 19.0. The van der Waals surface area contributed by atoms with E-state index in [4.69, 9.17) is 9.47 Å². The summed E-state index contributed by atoms with van der Waals surface area (Å²) >= 11 is 0. The molecule has 1 aromatic carbocycles. The van der Waals surface area contributed by atoms with Crippen molar-refractivity contribution in [3.63, 3.8) is 0 Å². The molecule has 1 heterocycles. The standard InChI is InChI=1S/C18H28N2O5S/c1-24-17-5-3-15(4-6-17)7-11-20(26(2,22)23)12-10-19-18(21)16-8-13-25-14-9-16/h3-6,16H,7-14H2,1-2H3,(H,19,21). The number of carbonyl (C=O) groups excluding carboxylic acids is 1. The number of benzene rings is 1. The Bertz CT molecular complexity index is 669. The predicted molar refractivity (Wildman–Crippen MR) is 99.7 cm³/mol. The van der Waals surface area contributed by atoms with Crippen LogP contribution in [0.3, 0.4) is 0 Å². The van der Waals surface area contributed by atoms with Crippen LogP contribution in [0.15, 0.2) is 24.3 Å². The number of rotatable bonds is 9. The highest BCUT2D eigenvalue weighted by Crippen LogP contribution is 2.15. The minimum Gasteiger partial charge on any atom is -0.497 e. The monoisotopic (exact) mass is 384 g/mol. The van der Waals surface area contributed by atoms with Crippen LogP contribution in [0, 0.1) is 5.92 Å². The molecule has 0 radical (unpaired) electrons. The fraction of sp³-hybridized carbons (Fsp3) is 0.611. The first-order chi connectivity index (χ1) is 12.4. The summed E-state index contributed by atoms with van der Waals surface area (Å²) in [6.45, 7) is 2.17. The van der Waals surface area contributed by atoms with Gasteiger partial charge in [0.05, 0.1) is 13.4 Å². The summed E-state index contributed by atoms with van der Waals surface area (Å²) in [7, 11) is -1.73. The number of hydrogen-bond donors (Lipinski definition) is 1. The lowest BCUT2D eigenvalue weighted by molar-refractivity contribution is -0.127. The van der Waals surface area contributed by atoms with E-state index in [1.807, 2.05) is 24.3 Å². The van der Waals surface area contributed by atoms with Gasteiger partial charge in [0.1, 0.15) is 5.75 Å². The summed E-state index contributed by atoms with van der Waals surface area (Å²) in [5.74, 6) is 0.719. The molecule has 0 bridgehead atoms. The fourth-order valence-electron chi connectivity index (χ4n) is 2.90. The highest BCUT2D eigenvalue weighted by atomic mass is 32.2. The minimum absolute atomic E-state index is 0.0168. The maximum Gasteiger partial charge on any atom is 0.223 e. The summed E-state index contributed by atoms with van der Waals surface area (Å²) in [6, 6.07) is 7.56. The van der Waals surface area contributed by atoms with Crippen LogP contribution in [-0.2, 0) is 26.0 Å². The second-order valence-corrected chi connectivity index (χ2v) is 8.42. The Balaban J connectivity index is 1.81. The largest absolute Gasteiger partial charge is 0.497 e. The molecule has 0 atom stereocenters. The zero-order valence-corrected chi connectivity index (χ0v) is 16.3. The van der Waals surface area contributed by atoms with Crippen LogP contribution in [0.25, 0.3) is 0 Å². The fourth-order valence-corrected chi connectivity index (χ4v) is 3.74. The summed E-state index contributed by atoms with van der Waals surface area (Å²) in [5, 5.41) is 2.85. The Kier molecular flexibility index (Phi) is 7.86. The molecule has 2 rings (SSSR count). The molecule has 8 heteroatoms. The van der Waals surface area contributed by atoms with E-state index in [2.05, 4.69) is 5.32 Å². The smallest absolute Gasteiger partial charge is 0.223 e. The zero-order valence-electron chi connectivity index (χ0n) is 15.4. The first kappa shape index (κ1) is 20.7. The van der Waals surface area contributed by atoms with Crippen molar-refractivity contribution >= 4 is 15.9 Å². The normalized spacial score (nSPS) is 15.8. The average Bonchev–Trinajstić information content (AvgIpc) is 2.64. The van der Waals surface area contributed by atoms with Crippen molar-refractivity contribution in [2.45, 2.75) is 19.3 Å². The summed E-state index contributed by atoms with van der Waals surface area (Å²) in [6.07, 6.45) is 3.24. The van der Waals surface area contributed by atoms with Crippen LogP contribution in [0.2, 0.25) is 0 Å². The third-order valence-electron chi connectivity index (χ3n) is 4.53. The maximum absolute atomic E-state index is 12.1. The van der Waals surface area contributed by atoms with E-state index < -0.39 is 10.0 Å². The van der Waals surface area contributed by atoms with Gasteiger partial charge in [0.25, 0.3) is 0 Å². The van der Waals surface area contributed by atoms with Crippen LogP contribution < -0.4 is 10.1 Å². The Labute approximate surface area is 155 Å². The molecule has 26 heavy (non-hydrogen) atoms. The molecule has 1 aliphatic heterocycles. The number of nitrogens with zero attached hydrogens (tertiary/aromatic N) is 1. The lowest BCUT2D eigenvalue weighted by Gasteiger charge is -2.23. The Morgan fingerprint density at radius 2 is 1.88 bits per heavy atom. The van der Waals surface area contributed by atoms with Crippen molar-refractivity contribution in [3.05, 3.63) is 29.8 Å². The first-order valence-corrected chi connectivity index (χ1v) is 10.7. The lowest BCUT2D eigenvalue weighted by Crippen LogP contribution is -2.41. The van der Waals surface area contributed by atoms with E-state index in [1.54, 1.807) is 7.11 Å². The summed E-state index contributed by atoms with van der Waals surface area (Å²) in [4.78, 5) is 12.1. The van der Waals surface area contributed by atoms with Gasteiger partial charge in [-0.1, -0.05) is 12.1 Å². The molecule has 7 nitrogen and oxygen atoms in total. The molecule has 0 spiro atoms. The van der Waals surface area contributed by atoms with Crippen LogP contribution >= 0.6 is 0 Å². The maximum atomic E-state index is 12.1. The number of carbonyl (C=O) groups is 1. The Hall–Kier alpha value is -1.64. The number of ether oxygens (including phenoxy) is 2. The second kappa shape index (κ2) is 9.89.